The fourth-order valence-corrected chi connectivity index (χ4v) is 2.77. The topological polar surface area (TPSA) is 54.5 Å². The standard InChI is InChI=1S/C15H15ClN4/c1-15(11-5-4-8-18-9-11)10-19-14(17)20(15)13-7-3-2-6-12(13)16/h2-9H,10H2,1H3,(H2,17,19). The van der Waals surface area contributed by atoms with Gasteiger partial charge in [0.15, 0.2) is 5.96 Å². The number of benzene rings is 1. The lowest BCUT2D eigenvalue weighted by atomic mass is 9.92. The van der Waals surface area contributed by atoms with Gasteiger partial charge in [0.25, 0.3) is 0 Å². The molecule has 1 atom stereocenters. The van der Waals surface area contributed by atoms with Crippen LogP contribution in [0.15, 0.2) is 53.8 Å². The predicted molar refractivity (Wildman–Crippen MR) is 82.0 cm³/mol. The molecule has 1 aliphatic rings. The van der Waals surface area contributed by atoms with Crippen molar-refractivity contribution >= 4 is 23.2 Å². The molecule has 0 aliphatic carbocycles. The maximum Gasteiger partial charge on any atom is 0.196 e. The maximum atomic E-state index is 6.32. The number of nitrogens with zero attached hydrogens (tertiary/aromatic N) is 3. The summed E-state index contributed by atoms with van der Waals surface area (Å²) < 4.78 is 0. The van der Waals surface area contributed by atoms with Gasteiger partial charge < -0.3 is 5.73 Å². The van der Waals surface area contributed by atoms with E-state index in [0.29, 0.717) is 17.5 Å². The van der Waals surface area contributed by atoms with E-state index in [1.54, 1.807) is 6.20 Å². The molecule has 1 aromatic heterocycles. The second-order valence-corrected chi connectivity index (χ2v) is 5.38. The molecule has 2 N–H and O–H groups in total. The molecule has 0 saturated carbocycles. The Balaban J connectivity index is 2.12. The second-order valence-electron chi connectivity index (χ2n) is 4.98. The molecule has 0 amide bonds. The van der Waals surface area contributed by atoms with E-state index in [-0.39, 0.29) is 5.54 Å². The number of guanidine groups is 1. The molecule has 0 fully saturated rings. The molecule has 5 heteroatoms. The Kier molecular flexibility index (Phi) is 3.10. The molecule has 2 aromatic rings. The molecular weight excluding hydrogens is 272 g/mol. The summed E-state index contributed by atoms with van der Waals surface area (Å²) in [6.07, 6.45) is 3.60. The third-order valence-corrected chi connectivity index (χ3v) is 3.97. The van der Waals surface area contributed by atoms with Crippen molar-refractivity contribution in [3.05, 3.63) is 59.4 Å². The summed E-state index contributed by atoms with van der Waals surface area (Å²) in [6.45, 7) is 2.67. The van der Waals surface area contributed by atoms with Crippen molar-refractivity contribution < 1.29 is 0 Å². The molecule has 1 unspecified atom stereocenters. The van der Waals surface area contributed by atoms with Crippen molar-refractivity contribution in [2.45, 2.75) is 12.5 Å². The van der Waals surface area contributed by atoms with E-state index in [0.717, 1.165) is 11.3 Å². The zero-order chi connectivity index (χ0) is 14.2. The molecule has 2 heterocycles. The SMILES string of the molecule is CC1(c2cccnc2)CN=C(N)N1c1ccccc1Cl. The van der Waals surface area contributed by atoms with Gasteiger partial charge in [-0.15, -0.1) is 0 Å². The van der Waals surface area contributed by atoms with Crippen LogP contribution in [0.5, 0.6) is 0 Å². The van der Waals surface area contributed by atoms with Crippen LogP contribution in [0.3, 0.4) is 0 Å². The van der Waals surface area contributed by atoms with Gasteiger partial charge in [-0.1, -0.05) is 29.8 Å². The van der Waals surface area contributed by atoms with Gasteiger partial charge >= 0.3 is 0 Å². The Hall–Kier alpha value is -2.07. The van der Waals surface area contributed by atoms with Gasteiger partial charge in [0.1, 0.15) is 0 Å². The monoisotopic (exact) mass is 286 g/mol. The van der Waals surface area contributed by atoms with Crippen molar-refractivity contribution in [2.75, 3.05) is 11.4 Å². The van der Waals surface area contributed by atoms with Gasteiger partial charge in [0.05, 0.1) is 22.8 Å². The lowest BCUT2D eigenvalue weighted by Crippen LogP contribution is -2.48. The number of halogens is 1. The van der Waals surface area contributed by atoms with Gasteiger partial charge in [-0.2, -0.15) is 0 Å². The molecule has 20 heavy (non-hydrogen) atoms. The molecule has 0 spiro atoms. The Morgan fingerprint density at radius 2 is 2.05 bits per heavy atom. The highest BCUT2D eigenvalue weighted by Gasteiger charge is 2.41. The lowest BCUT2D eigenvalue weighted by molar-refractivity contribution is 0.531. The molecule has 3 rings (SSSR count). The molecule has 0 radical (unpaired) electrons. The van der Waals surface area contributed by atoms with E-state index >= 15 is 0 Å². The number of hydrogen-bond acceptors (Lipinski definition) is 4. The van der Waals surface area contributed by atoms with Gasteiger partial charge in [0, 0.05) is 12.4 Å². The van der Waals surface area contributed by atoms with Crippen molar-refractivity contribution in [3.8, 4) is 0 Å². The minimum absolute atomic E-state index is 0.372. The quantitative estimate of drug-likeness (QED) is 0.923. The zero-order valence-corrected chi connectivity index (χ0v) is 11.9. The summed E-state index contributed by atoms with van der Waals surface area (Å²) in [6, 6.07) is 11.6. The first-order chi connectivity index (χ1) is 9.63. The largest absolute Gasteiger partial charge is 0.369 e. The van der Waals surface area contributed by atoms with Gasteiger partial charge in [0.2, 0.25) is 0 Å². The van der Waals surface area contributed by atoms with Gasteiger partial charge in [-0.3, -0.25) is 14.9 Å². The summed E-state index contributed by atoms with van der Waals surface area (Å²) in [5, 5.41) is 0.655. The number of nitrogens with two attached hydrogens (primary N) is 1. The van der Waals surface area contributed by atoms with Crippen LogP contribution in [-0.4, -0.2) is 17.5 Å². The minimum Gasteiger partial charge on any atom is -0.369 e. The maximum absolute atomic E-state index is 6.32. The lowest BCUT2D eigenvalue weighted by Gasteiger charge is -2.36. The number of aliphatic imine (C=N–C) groups is 1. The Labute approximate surface area is 122 Å². The number of pyridine rings is 1. The average Bonchev–Trinajstić information content (AvgIpc) is 2.78. The molecule has 0 saturated heterocycles. The predicted octanol–water partition coefficient (Wildman–Crippen LogP) is 2.79. The van der Waals surface area contributed by atoms with Gasteiger partial charge in [-0.05, 0) is 30.7 Å². The second kappa shape index (κ2) is 4.80. The number of aromatic nitrogens is 1. The highest BCUT2D eigenvalue weighted by atomic mass is 35.5. The first-order valence-corrected chi connectivity index (χ1v) is 6.76. The summed E-state index contributed by atoms with van der Waals surface area (Å²) in [5.41, 5.74) is 7.64. The van der Waals surface area contributed by atoms with E-state index in [1.807, 2.05) is 47.5 Å². The summed E-state index contributed by atoms with van der Waals surface area (Å²) >= 11 is 6.32. The number of para-hydroxylation sites is 1. The minimum atomic E-state index is -0.372. The molecule has 102 valence electrons. The first-order valence-electron chi connectivity index (χ1n) is 6.38. The van der Waals surface area contributed by atoms with Crippen LogP contribution < -0.4 is 10.6 Å². The summed E-state index contributed by atoms with van der Waals surface area (Å²) in [4.78, 5) is 10.6. The fourth-order valence-electron chi connectivity index (χ4n) is 2.55. The van der Waals surface area contributed by atoms with Crippen molar-refractivity contribution in [1.29, 1.82) is 0 Å². The van der Waals surface area contributed by atoms with Crippen LogP contribution in [0.25, 0.3) is 0 Å². The fraction of sp³-hybridized carbons (Fsp3) is 0.200. The highest BCUT2D eigenvalue weighted by Crippen LogP contribution is 2.39. The third kappa shape index (κ3) is 1.93. The summed E-state index contributed by atoms with van der Waals surface area (Å²) in [5.74, 6) is 0.476. The third-order valence-electron chi connectivity index (χ3n) is 3.65. The average molecular weight is 287 g/mol. The number of anilines is 1. The van der Waals surface area contributed by atoms with Crippen LogP contribution in [0, 0.1) is 0 Å². The first kappa shape index (κ1) is 12.9. The Morgan fingerprint density at radius 1 is 1.25 bits per heavy atom. The van der Waals surface area contributed by atoms with Crippen molar-refractivity contribution in [1.82, 2.24) is 4.98 Å². The van der Waals surface area contributed by atoms with E-state index in [2.05, 4.69) is 16.9 Å². The van der Waals surface area contributed by atoms with Crippen LogP contribution >= 0.6 is 11.6 Å². The molecule has 1 aromatic carbocycles. The molecule has 1 aliphatic heterocycles. The molecular formula is C15H15ClN4. The number of rotatable bonds is 2. The van der Waals surface area contributed by atoms with E-state index < -0.39 is 0 Å². The van der Waals surface area contributed by atoms with Crippen LogP contribution in [0.4, 0.5) is 5.69 Å². The Bertz CT molecular complexity index is 656. The van der Waals surface area contributed by atoms with Crippen LogP contribution in [0.2, 0.25) is 5.02 Å². The van der Waals surface area contributed by atoms with Crippen LogP contribution in [-0.2, 0) is 5.54 Å². The summed E-state index contributed by atoms with van der Waals surface area (Å²) in [7, 11) is 0. The van der Waals surface area contributed by atoms with E-state index in [1.165, 1.54) is 0 Å². The molecule has 0 bridgehead atoms. The zero-order valence-electron chi connectivity index (χ0n) is 11.1. The van der Waals surface area contributed by atoms with Crippen molar-refractivity contribution in [2.24, 2.45) is 10.7 Å². The van der Waals surface area contributed by atoms with E-state index in [9.17, 15) is 0 Å². The highest BCUT2D eigenvalue weighted by molar-refractivity contribution is 6.34. The number of hydrogen-bond donors (Lipinski definition) is 1. The van der Waals surface area contributed by atoms with E-state index in [4.69, 9.17) is 17.3 Å². The van der Waals surface area contributed by atoms with Crippen molar-refractivity contribution in [3.63, 3.8) is 0 Å². The normalized spacial score (nSPS) is 21.9. The van der Waals surface area contributed by atoms with Gasteiger partial charge in [-0.25, -0.2) is 0 Å². The smallest absolute Gasteiger partial charge is 0.196 e. The Morgan fingerprint density at radius 3 is 2.75 bits per heavy atom. The van der Waals surface area contributed by atoms with Crippen LogP contribution in [0.1, 0.15) is 12.5 Å². The molecule has 4 nitrogen and oxygen atoms in total.